The zero-order valence-electron chi connectivity index (χ0n) is 12.5. The molecule has 1 aromatic carbocycles. The quantitative estimate of drug-likeness (QED) is 0.820. The van der Waals surface area contributed by atoms with Crippen LogP contribution >= 0.6 is 11.8 Å². The summed E-state index contributed by atoms with van der Waals surface area (Å²) in [6.07, 6.45) is -4.53. The molecule has 0 bridgehead atoms. The highest BCUT2D eigenvalue weighted by Crippen LogP contribution is 2.21. The lowest BCUT2D eigenvalue weighted by atomic mass is 10.3. The van der Waals surface area contributed by atoms with Gasteiger partial charge in [-0.3, -0.25) is 10.1 Å². The van der Waals surface area contributed by atoms with Crippen molar-refractivity contribution in [3.05, 3.63) is 30.0 Å². The second kappa shape index (κ2) is 7.47. The average Bonchev–Trinajstić information content (AvgIpc) is 2.50. The van der Waals surface area contributed by atoms with E-state index in [1.807, 2.05) is 17.4 Å². The van der Waals surface area contributed by atoms with E-state index in [0.717, 1.165) is 17.3 Å². The molecule has 3 amide bonds. The molecule has 0 saturated heterocycles. The van der Waals surface area contributed by atoms with E-state index in [1.54, 1.807) is 24.4 Å². The summed E-state index contributed by atoms with van der Waals surface area (Å²) < 4.78 is 35.8. The number of aryl methyl sites for hydroxylation is 1. The second-order valence-corrected chi connectivity index (χ2v) is 5.70. The van der Waals surface area contributed by atoms with Crippen molar-refractivity contribution in [2.24, 2.45) is 0 Å². The van der Waals surface area contributed by atoms with Crippen molar-refractivity contribution in [3.8, 4) is 0 Å². The molecule has 24 heavy (non-hydrogen) atoms. The number of benzene rings is 1. The summed E-state index contributed by atoms with van der Waals surface area (Å²) in [5.41, 5.74) is 2.00. The Labute approximate surface area is 139 Å². The molecule has 0 atom stereocenters. The standard InChI is InChI=1S/C14H13F3N4O2S/c1-8-12(20-10-5-3-2-4-9(10)19-8)24-6-11(22)21-13(23)18-7-14(15,16)17/h2-5H,6-7H2,1H3,(H2,18,21,22,23). The average molecular weight is 358 g/mol. The van der Waals surface area contributed by atoms with Crippen molar-refractivity contribution >= 4 is 34.7 Å². The number of carbonyl (C=O) groups excluding carboxylic acids is 2. The molecule has 0 aliphatic heterocycles. The van der Waals surface area contributed by atoms with Gasteiger partial charge in [0, 0.05) is 0 Å². The van der Waals surface area contributed by atoms with Crippen LogP contribution in [0.25, 0.3) is 11.0 Å². The van der Waals surface area contributed by atoms with Gasteiger partial charge >= 0.3 is 12.2 Å². The normalized spacial score (nSPS) is 11.3. The number of carbonyl (C=O) groups is 2. The number of halogens is 3. The van der Waals surface area contributed by atoms with Crippen molar-refractivity contribution in [1.82, 2.24) is 20.6 Å². The summed E-state index contributed by atoms with van der Waals surface area (Å²) in [6, 6.07) is 6.02. The van der Waals surface area contributed by atoms with Gasteiger partial charge in [-0.05, 0) is 19.1 Å². The van der Waals surface area contributed by atoms with E-state index in [0.29, 0.717) is 16.2 Å². The van der Waals surface area contributed by atoms with Crippen LogP contribution in [0.1, 0.15) is 5.69 Å². The van der Waals surface area contributed by atoms with E-state index < -0.39 is 24.7 Å². The van der Waals surface area contributed by atoms with E-state index in [2.05, 4.69) is 9.97 Å². The molecular formula is C14H13F3N4O2S. The maximum Gasteiger partial charge on any atom is 0.405 e. The summed E-state index contributed by atoms with van der Waals surface area (Å²) in [5.74, 6) is -0.901. The molecule has 128 valence electrons. The molecule has 10 heteroatoms. The van der Waals surface area contributed by atoms with Gasteiger partial charge in [-0.1, -0.05) is 23.9 Å². The molecule has 2 aromatic rings. The Morgan fingerprint density at radius 2 is 1.79 bits per heavy atom. The molecule has 0 unspecified atom stereocenters. The first-order chi connectivity index (χ1) is 11.2. The number of nitrogens with zero attached hydrogens (tertiary/aromatic N) is 2. The summed E-state index contributed by atoms with van der Waals surface area (Å²) in [7, 11) is 0. The lowest BCUT2D eigenvalue weighted by Gasteiger charge is -2.09. The molecule has 6 nitrogen and oxygen atoms in total. The molecule has 0 fully saturated rings. The third-order valence-corrected chi connectivity index (χ3v) is 3.81. The Morgan fingerprint density at radius 3 is 2.42 bits per heavy atom. The maximum atomic E-state index is 11.9. The monoisotopic (exact) mass is 358 g/mol. The number of alkyl halides is 3. The Kier molecular flexibility index (Phi) is 5.60. The van der Waals surface area contributed by atoms with Gasteiger partial charge in [-0.15, -0.1) is 0 Å². The topological polar surface area (TPSA) is 84.0 Å². The third-order valence-electron chi connectivity index (χ3n) is 2.74. The van der Waals surface area contributed by atoms with Crippen LogP contribution in [0, 0.1) is 6.92 Å². The minimum Gasteiger partial charge on any atom is -0.329 e. The first-order valence-corrected chi connectivity index (χ1v) is 7.74. The number of urea groups is 1. The first kappa shape index (κ1) is 18.0. The maximum absolute atomic E-state index is 11.9. The van der Waals surface area contributed by atoms with E-state index in [-0.39, 0.29) is 5.75 Å². The van der Waals surface area contributed by atoms with Gasteiger partial charge in [0.05, 0.1) is 22.5 Å². The van der Waals surface area contributed by atoms with Gasteiger partial charge in [0.15, 0.2) is 0 Å². The number of amides is 3. The fourth-order valence-corrected chi connectivity index (χ4v) is 2.49. The molecular weight excluding hydrogens is 345 g/mol. The van der Waals surface area contributed by atoms with Gasteiger partial charge in [0.25, 0.3) is 0 Å². The molecule has 1 heterocycles. The van der Waals surface area contributed by atoms with Crippen LogP contribution in [0.5, 0.6) is 0 Å². The van der Waals surface area contributed by atoms with Crippen LogP contribution in [0.4, 0.5) is 18.0 Å². The lowest BCUT2D eigenvalue weighted by Crippen LogP contribution is -2.43. The van der Waals surface area contributed by atoms with Gasteiger partial charge < -0.3 is 5.32 Å². The van der Waals surface area contributed by atoms with E-state index in [9.17, 15) is 22.8 Å². The number of imide groups is 1. The number of hydrogen-bond donors (Lipinski definition) is 2. The Bertz CT molecular complexity index is 767. The van der Waals surface area contributed by atoms with Crippen molar-refractivity contribution in [2.45, 2.75) is 18.1 Å². The molecule has 0 spiro atoms. The van der Waals surface area contributed by atoms with Gasteiger partial charge in [0.1, 0.15) is 11.6 Å². The molecule has 2 N–H and O–H groups in total. The predicted molar refractivity (Wildman–Crippen MR) is 82.6 cm³/mol. The number of fused-ring (bicyclic) bond motifs is 1. The molecule has 0 aliphatic carbocycles. The highest BCUT2D eigenvalue weighted by Gasteiger charge is 2.27. The Balaban J connectivity index is 1.90. The summed E-state index contributed by atoms with van der Waals surface area (Å²) >= 11 is 1.05. The number of hydrogen-bond acceptors (Lipinski definition) is 5. The van der Waals surface area contributed by atoms with Gasteiger partial charge in [-0.25, -0.2) is 14.8 Å². The summed E-state index contributed by atoms with van der Waals surface area (Å²) in [5, 5.41) is 3.89. The molecule has 0 saturated carbocycles. The first-order valence-electron chi connectivity index (χ1n) is 6.75. The van der Waals surface area contributed by atoms with Crippen LogP contribution in [-0.4, -0.2) is 40.4 Å². The number of aromatic nitrogens is 2. The van der Waals surface area contributed by atoms with Crippen molar-refractivity contribution in [1.29, 1.82) is 0 Å². The lowest BCUT2D eigenvalue weighted by molar-refractivity contribution is -0.124. The number of thioether (sulfide) groups is 1. The second-order valence-electron chi connectivity index (χ2n) is 4.74. The van der Waals surface area contributed by atoms with E-state index >= 15 is 0 Å². The Hall–Kier alpha value is -2.36. The van der Waals surface area contributed by atoms with E-state index in [1.165, 1.54) is 0 Å². The van der Waals surface area contributed by atoms with Gasteiger partial charge in [-0.2, -0.15) is 13.2 Å². The van der Waals surface area contributed by atoms with Gasteiger partial charge in [0.2, 0.25) is 5.91 Å². The number of para-hydroxylation sites is 2. The third kappa shape index (κ3) is 5.37. The minimum absolute atomic E-state index is 0.173. The van der Waals surface area contributed by atoms with Crippen molar-refractivity contribution in [3.63, 3.8) is 0 Å². The largest absolute Gasteiger partial charge is 0.405 e. The highest BCUT2D eigenvalue weighted by molar-refractivity contribution is 7.99. The van der Waals surface area contributed by atoms with Crippen LogP contribution in [0.2, 0.25) is 0 Å². The van der Waals surface area contributed by atoms with Crippen molar-refractivity contribution in [2.75, 3.05) is 12.3 Å². The highest BCUT2D eigenvalue weighted by atomic mass is 32.2. The number of nitrogens with one attached hydrogen (secondary N) is 2. The minimum atomic E-state index is -4.53. The SMILES string of the molecule is Cc1nc2ccccc2nc1SCC(=O)NC(=O)NCC(F)(F)F. The Morgan fingerprint density at radius 1 is 1.17 bits per heavy atom. The fourth-order valence-electron chi connectivity index (χ4n) is 1.73. The van der Waals surface area contributed by atoms with E-state index in [4.69, 9.17) is 0 Å². The molecule has 1 aromatic heterocycles. The zero-order chi connectivity index (χ0) is 17.7. The molecule has 0 aliphatic rings. The van der Waals surface area contributed by atoms with Crippen LogP contribution in [-0.2, 0) is 4.79 Å². The molecule has 2 rings (SSSR count). The smallest absolute Gasteiger partial charge is 0.329 e. The van der Waals surface area contributed by atoms with Crippen LogP contribution < -0.4 is 10.6 Å². The number of rotatable bonds is 4. The van der Waals surface area contributed by atoms with Crippen LogP contribution in [0.3, 0.4) is 0 Å². The predicted octanol–water partition coefficient (Wildman–Crippen LogP) is 2.42. The summed E-state index contributed by atoms with van der Waals surface area (Å²) in [4.78, 5) is 31.5. The van der Waals surface area contributed by atoms with Crippen LogP contribution in [0.15, 0.2) is 29.3 Å². The summed E-state index contributed by atoms with van der Waals surface area (Å²) in [6.45, 7) is 0.226. The molecule has 0 radical (unpaired) electrons. The fraction of sp³-hybridized carbons (Fsp3) is 0.286. The van der Waals surface area contributed by atoms with Crippen molar-refractivity contribution < 1.29 is 22.8 Å². The zero-order valence-corrected chi connectivity index (χ0v) is 13.3.